The first kappa shape index (κ1) is 30.6. The van der Waals surface area contributed by atoms with E-state index in [1.165, 1.54) is 24.6 Å². The lowest BCUT2D eigenvalue weighted by atomic mass is 10.0. The molecule has 13 heteroatoms. The summed E-state index contributed by atoms with van der Waals surface area (Å²) < 4.78 is 28.7. The molecule has 0 radical (unpaired) electrons. The molecule has 0 bridgehead atoms. The van der Waals surface area contributed by atoms with Gasteiger partial charge in [-0.1, -0.05) is 18.2 Å². The highest BCUT2D eigenvalue weighted by Crippen LogP contribution is 2.40. The average molecular weight is 626 g/mol. The van der Waals surface area contributed by atoms with Gasteiger partial charge in [-0.15, -0.1) is 0 Å². The summed E-state index contributed by atoms with van der Waals surface area (Å²) in [5.74, 6) is -1.52. The largest absolute Gasteiger partial charge is 0.463 e. The topological polar surface area (TPSA) is 139 Å². The average Bonchev–Trinajstić information content (AvgIpc) is 3.61. The van der Waals surface area contributed by atoms with Crippen LogP contribution in [0.1, 0.15) is 16.2 Å². The number of nitrogens with one attached hydrogen (secondary N) is 2. The number of amides is 1. The summed E-state index contributed by atoms with van der Waals surface area (Å²) in [4.78, 5) is 55.4. The zero-order valence-corrected chi connectivity index (χ0v) is 25.8. The highest BCUT2D eigenvalue weighted by molar-refractivity contribution is 6.17. The number of likely N-dealkylation sites (N-methyl/N-ethyl adjacent to an activating group) is 2. The van der Waals surface area contributed by atoms with Gasteiger partial charge in [0.15, 0.2) is 0 Å². The maximum absolute atomic E-state index is 15.6. The number of benzene rings is 2. The van der Waals surface area contributed by atoms with Crippen molar-refractivity contribution in [2.24, 2.45) is 0 Å². The SMILES string of the molecule is CN(C)CCOC(=O)c1c(-c2ccc[nH]c2=O)c2c3occc3c(F)cc2n1Cc1nc(NC(=O)CN(C)C)nc2ccccc12. The summed E-state index contributed by atoms with van der Waals surface area (Å²) in [5.41, 5.74) is 1.46. The molecule has 0 unspecified atom stereocenters. The number of ether oxygens (including phenoxy) is 1. The van der Waals surface area contributed by atoms with Crippen molar-refractivity contribution in [1.82, 2.24) is 29.3 Å². The second-order valence-electron chi connectivity index (χ2n) is 11.4. The predicted molar refractivity (Wildman–Crippen MR) is 172 cm³/mol. The number of carbonyl (C=O) groups is 2. The molecule has 0 spiro atoms. The van der Waals surface area contributed by atoms with Crippen LogP contribution in [-0.2, 0) is 16.1 Å². The lowest BCUT2D eigenvalue weighted by Gasteiger charge is -2.15. The number of aromatic nitrogens is 4. The fourth-order valence-electron chi connectivity index (χ4n) is 5.47. The molecule has 236 valence electrons. The quantitative estimate of drug-likeness (QED) is 0.216. The number of hydrogen-bond acceptors (Lipinski definition) is 9. The van der Waals surface area contributed by atoms with E-state index < -0.39 is 17.3 Å². The Hall–Kier alpha value is -5.40. The third-order valence-corrected chi connectivity index (χ3v) is 7.47. The monoisotopic (exact) mass is 625 g/mol. The number of H-pyrrole nitrogens is 1. The Labute approximate surface area is 262 Å². The molecular formula is C33H32FN7O5. The Morgan fingerprint density at radius 1 is 1.04 bits per heavy atom. The van der Waals surface area contributed by atoms with Crippen molar-refractivity contribution in [2.45, 2.75) is 6.54 Å². The molecule has 1 amide bonds. The Morgan fingerprint density at radius 3 is 2.61 bits per heavy atom. The molecule has 0 fully saturated rings. The third-order valence-electron chi connectivity index (χ3n) is 7.47. The van der Waals surface area contributed by atoms with Crippen molar-refractivity contribution < 1.29 is 23.1 Å². The molecule has 0 aliphatic rings. The van der Waals surface area contributed by atoms with Gasteiger partial charge in [-0.25, -0.2) is 19.2 Å². The van der Waals surface area contributed by atoms with Gasteiger partial charge in [0.25, 0.3) is 5.56 Å². The molecule has 4 heterocycles. The van der Waals surface area contributed by atoms with Crippen LogP contribution in [-0.4, -0.2) is 89.1 Å². The van der Waals surface area contributed by atoms with Crippen molar-refractivity contribution in [3.63, 3.8) is 0 Å². The lowest BCUT2D eigenvalue weighted by molar-refractivity contribution is -0.116. The molecule has 0 saturated heterocycles. The fraction of sp³-hybridized carbons (Fsp3) is 0.242. The van der Waals surface area contributed by atoms with Gasteiger partial charge in [0, 0.05) is 23.7 Å². The number of anilines is 1. The molecule has 0 aliphatic carbocycles. The van der Waals surface area contributed by atoms with Crippen LogP contribution in [0, 0.1) is 5.82 Å². The van der Waals surface area contributed by atoms with Crippen molar-refractivity contribution >= 4 is 50.6 Å². The van der Waals surface area contributed by atoms with E-state index in [-0.39, 0.29) is 59.3 Å². The van der Waals surface area contributed by atoms with Crippen LogP contribution in [0.4, 0.5) is 10.3 Å². The molecule has 2 N–H and O–H groups in total. The molecule has 4 aromatic heterocycles. The number of hydrogen-bond donors (Lipinski definition) is 2. The van der Waals surface area contributed by atoms with E-state index >= 15 is 4.39 Å². The minimum absolute atomic E-state index is 0.0228. The number of fused-ring (bicyclic) bond motifs is 4. The van der Waals surface area contributed by atoms with Crippen LogP contribution in [0.5, 0.6) is 0 Å². The van der Waals surface area contributed by atoms with E-state index in [0.29, 0.717) is 34.0 Å². The van der Waals surface area contributed by atoms with E-state index in [1.807, 2.05) is 37.2 Å². The first-order chi connectivity index (χ1) is 22.1. The van der Waals surface area contributed by atoms with E-state index in [2.05, 4.69) is 20.3 Å². The van der Waals surface area contributed by atoms with E-state index in [4.69, 9.17) is 9.15 Å². The minimum Gasteiger partial charge on any atom is -0.463 e. The van der Waals surface area contributed by atoms with Gasteiger partial charge in [0.2, 0.25) is 11.9 Å². The molecule has 46 heavy (non-hydrogen) atoms. The highest BCUT2D eigenvalue weighted by atomic mass is 19.1. The molecular weight excluding hydrogens is 593 g/mol. The molecule has 6 aromatic rings. The number of carbonyl (C=O) groups excluding carboxylic acids is 2. The van der Waals surface area contributed by atoms with Gasteiger partial charge in [0.05, 0.1) is 52.4 Å². The van der Waals surface area contributed by atoms with Gasteiger partial charge >= 0.3 is 5.97 Å². The molecule has 2 aromatic carbocycles. The Morgan fingerprint density at radius 2 is 1.85 bits per heavy atom. The molecule has 12 nitrogen and oxygen atoms in total. The summed E-state index contributed by atoms with van der Waals surface area (Å²) in [6.45, 7) is 0.576. The fourth-order valence-corrected chi connectivity index (χ4v) is 5.47. The third kappa shape index (κ3) is 5.85. The van der Waals surface area contributed by atoms with E-state index in [0.717, 1.165) is 0 Å². The predicted octanol–water partition coefficient (Wildman–Crippen LogP) is 4.09. The number of halogens is 1. The maximum atomic E-state index is 15.6. The number of esters is 1. The van der Waals surface area contributed by atoms with Crippen molar-refractivity contribution in [2.75, 3.05) is 53.2 Å². The van der Waals surface area contributed by atoms with Crippen LogP contribution in [0.15, 0.2) is 70.2 Å². The lowest BCUT2D eigenvalue weighted by Crippen LogP contribution is -2.28. The van der Waals surface area contributed by atoms with Gasteiger partial charge in [0.1, 0.15) is 23.7 Å². The van der Waals surface area contributed by atoms with E-state index in [9.17, 15) is 14.4 Å². The summed E-state index contributed by atoms with van der Waals surface area (Å²) in [7, 11) is 7.25. The number of aromatic amines is 1. The van der Waals surface area contributed by atoms with Gasteiger partial charge in [-0.3, -0.25) is 14.9 Å². The van der Waals surface area contributed by atoms with Crippen LogP contribution in [0.2, 0.25) is 0 Å². The molecule has 0 saturated carbocycles. The van der Waals surface area contributed by atoms with Crippen LogP contribution >= 0.6 is 0 Å². The first-order valence-electron chi connectivity index (χ1n) is 14.5. The second-order valence-corrected chi connectivity index (χ2v) is 11.4. The second kappa shape index (κ2) is 12.5. The first-order valence-corrected chi connectivity index (χ1v) is 14.5. The molecule has 6 rings (SSSR count). The van der Waals surface area contributed by atoms with Crippen LogP contribution in [0.25, 0.3) is 43.9 Å². The Bertz CT molecular complexity index is 2170. The van der Waals surface area contributed by atoms with Gasteiger partial charge < -0.3 is 28.5 Å². The number of pyridine rings is 1. The van der Waals surface area contributed by atoms with Crippen molar-refractivity contribution in [3.8, 4) is 11.1 Å². The van der Waals surface area contributed by atoms with Gasteiger partial charge in [-0.2, -0.15) is 0 Å². The summed E-state index contributed by atoms with van der Waals surface area (Å²) in [6, 6.07) is 13.3. The summed E-state index contributed by atoms with van der Waals surface area (Å²) in [5, 5.41) is 3.97. The summed E-state index contributed by atoms with van der Waals surface area (Å²) in [6.07, 6.45) is 2.85. The Balaban J connectivity index is 1.63. The van der Waals surface area contributed by atoms with Crippen LogP contribution in [0.3, 0.4) is 0 Å². The minimum atomic E-state index is -0.714. The number of rotatable bonds is 10. The normalized spacial score (nSPS) is 11.7. The van der Waals surface area contributed by atoms with Gasteiger partial charge in [-0.05, 0) is 58.5 Å². The Kier molecular flexibility index (Phi) is 8.35. The highest BCUT2D eigenvalue weighted by Gasteiger charge is 2.30. The number of para-hydroxylation sites is 1. The van der Waals surface area contributed by atoms with Crippen molar-refractivity contribution in [3.05, 3.63) is 88.5 Å². The zero-order valence-electron chi connectivity index (χ0n) is 25.8. The molecule has 0 atom stereocenters. The van der Waals surface area contributed by atoms with Crippen molar-refractivity contribution in [1.29, 1.82) is 0 Å². The van der Waals surface area contributed by atoms with Crippen LogP contribution < -0.4 is 10.9 Å². The smallest absolute Gasteiger partial charge is 0.355 e. The standard InChI is InChI=1S/C33H32FN7O5/c1-39(2)13-15-46-32(44)29-27(21-9-7-12-35-31(21)43)28-25(16-22(34)19-11-14-45-30(19)28)41(29)17-24-20-8-5-6-10-23(20)36-33(37-24)38-26(42)18-40(3)4/h5-12,14,16H,13,15,17-18H2,1-4H3,(H,35,43)(H,36,37,38,42). The number of furan rings is 1. The number of nitrogens with zero attached hydrogens (tertiary/aromatic N) is 5. The van der Waals surface area contributed by atoms with E-state index in [1.54, 1.807) is 41.8 Å². The maximum Gasteiger partial charge on any atom is 0.355 e. The zero-order chi connectivity index (χ0) is 32.5. The molecule has 0 aliphatic heterocycles. The summed E-state index contributed by atoms with van der Waals surface area (Å²) >= 11 is 0.